The van der Waals surface area contributed by atoms with Gasteiger partial charge < -0.3 is 4.57 Å². The highest BCUT2D eigenvalue weighted by atomic mass is 32.2. The Morgan fingerprint density at radius 1 is 1.20 bits per heavy atom. The number of carbonyl (C=O) groups excluding carboxylic acids is 1. The molecule has 1 aromatic heterocycles. The van der Waals surface area contributed by atoms with Gasteiger partial charge in [0.05, 0.1) is 5.57 Å². The van der Waals surface area contributed by atoms with E-state index in [-0.39, 0.29) is 11.4 Å². The first kappa shape index (κ1) is 20.7. The maximum atomic E-state index is 12.6. The number of thioether (sulfide) groups is 2. The second-order valence-electron chi connectivity index (χ2n) is 7.50. The van der Waals surface area contributed by atoms with Crippen LogP contribution in [0.5, 0.6) is 0 Å². The molecule has 154 valence electrons. The molecule has 8 heteroatoms. The highest BCUT2D eigenvalue weighted by Gasteiger charge is 2.35. The Kier molecular flexibility index (Phi) is 5.46. The van der Waals surface area contributed by atoms with Crippen molar-refractivity contribution in [1.29, 1.82) is 5.41 Å². The van der Waals surface area contributed by atoms with Crippen LogP contribution in [0.3, 0.4) is 0 Å². The molecule has 6 nitrogen and oxygen atoms in total. The van der Waals surface area contributed by atoms with Crippen molar-refractivity contribution < 1.29 is 4.79 Å². The molecule has 1 N–H and O–H groups in total. The first-order chi connectivity index (χ1) is 14.3. The third kappa shape index (κ3) is 3.54. The molecular formula is C22H23N5OS2. The van der Waals surface area contributed by atoms with Crippen molar-refractivity contribution in [3.05, 3.63) is 58.4 Å². The number of rotatable bonds is 3. The van der Waals surface area contributed by atoms with Gasteiger partial charge in [-0.25, -0.2) is 0 Å². The molecule has 2 aliphatic rings. The van der Waals surface area contributed by atoms with Gasteiger partial charge in [0.15, 0.2) is 10.2 Å². The van der Waals surface area contributed by atoms with Crippen LogP contribution >= 0.6 is 23.5 Å². The van der Waals surface area contributed by atoms with Crippen molar-refractivity contribution in [2.75, 3.05) is 6.26 Å². The number of amides is 1. The van der Waals surface area contributed by atoms with Gasteiger partial charge in [0.1, 0.15) is 0 Å². The molecule has 0 bridgehead atoms. The lowest BCUT2D eigenvalue weighted by Crippen LogP contribution is -2.35. The largest absolute Gasteiger partial charge is 0.318 e. The van der Waals surface area contributed by atoms with Crippen molar-refractivity contribution in [2.45, 2.75) is 33.6 Å². The number of hydrogen-bond acceptors (Lipinski definition) is 5. The molecule has 2 aromatic rings. The van der Waals surface area contributed by atoms with Crippen LogP contribution in [0, 0.1) is 19.3 Å². The molecule has 0 fully saturated rings. The lowest BCUT2D eigenvalue weighted by atomic mass is 10.0. The molecule has 4 rings (SSSR count). The summed E-state index contributed by atoms with van der Waals surface area (Å²) in [4.78, 5) is 16.8. The van der Waals surface area contributed by atoms with E-state index in [4.69, 9.17) is 5.41 Å². The summed E-state index contributed by atoms with van der Waals surface area (Å²) in [7, 11) is 0. The Morgan fingerprint density at radius 2 is 1.90 bits per heavy atom. The number of fused-ring (bicyclic) bond motifs is 1. The van der Waals surface area contributed by atoms with Gasteiger partial charge in [-0.1, -0.05) is 26.0 Å². The highest BCUT2D eigenvalue weighted by molar-refractivity contribution is 8.45. The monoisotopic (exact) mass is 437 g/mol. The molecule has 3 heterocycles. The summed E-state index contributed by atoms with van der Waals surface area (Å²) < 4.78 is 2.94. The summed E-state index contributed by atoms with van der Waals surface area (Å²) in [5, 5.41) is 14.8. The zero-order valence-corrected chi connectivity index (χ0v) is 19.2. The van der Waals surface area contributed by atoms with Crippen molar-refractivity contribution in [3.63, 3.8) is 0 Å². The molecule has 30 heavy (non-hydrogen) atoms. The molecule has 0 unspecified atom stereocenters. The van der Waals surface area contributed by atoms with Crippen LogP contribution in [0.1, 0.15) is 42.3 Å². The first-order valence-electron chi connectivity index (χ1n) is 9.63. The fraction of sp³-hybridized carbons (Fsp3) is 0.273. The van der Waals surface area contributed by atoms with Crippen LogP contribution in [-0.4, -0.2) is 37.1 Å². The van der Waals surface area contributed by atoms with Crippen molar-refractivity contribution >= 4 is 50.9 Å². The van der Waals surface area contributed by atoms with Crippen molar-refractivity contribution in [3.8, 4) is 5.69 Å². The van der Waals surface area contributed by atoms with E-state index < -0.39 is 5.91 Å². The van der Waals surface area contributed by atoms with Crippen LogP contribution in [0.25, 0.3) is 11.8 Å². The molecule has 0 saturated carbocycles. The molecule has 1 aromatic carbocycles. The van der Waals surface area contributed by atoms with E-state index in [1.807, 2.05) is 26.2 Å². The fourth-order valence-electron chi connectivity index (χ4n) is 3.55. The maximum absolute atomic E-state index is 12.6. The van der Waals surface area contributed by atoms with Crippen molar-refractivity contribution in [2.24, 2.45) is 10.1 Å². The zero-order valence-electron chi connectivity index (χ0n) is 17.6. The number of aromatic nitrogens is 1. The summed E-state index contributed by atoms with van der Waals surface area (Å²) in [6.45, 7) is 8.43. The molecule has 0 radical (unpaired) electrons. The molecule has 0 aliphatic carbocycles. The minimum Gasteiger partial charge on any atom is -0.318 e. The normalized spacial score (nSPS) is 17.7. The second kappa shape index (κ2) is 7.92. The Labute approximate surface area is 184 Å². The van der Waals surface area contributed by atoms with Crippen LogP contribution in [0.2, 0.25) is 0 Å². The quantitative estimate of drug-likeness (QED) is 0.673. The number of carbonyl (C=O) groups is 1. The number of hydrazone groups is 1. The Hall–Kier alpha value is -2.58. The number of aliphatic imine (C=N–C) groups is 1. The second-order valence-corrected chi connectivity index (χ2v) is 9.51. The standard InChI is InChI=1S/C22H23N5OS2/c1-12(2)15-6-8-17(9-7-15)26-13(3)10-16(14(26)4)11-18-19(23)27-21(24-20(18)28)30-22(25-27)29-5/h6-12,23H,1-5H3/b18-11-,23-19?. The van der Waals surface area contributed by atoms with E-state index in [1.165, 1.54) is 34.1 Å². The minimum absolute atomic E-state index is 0.0626. The van der Waals surface area contributed by atoms with Crippen LogP contribution in [-0.2, 0) is 4.79 Å². The number of hydrogen-bond donors (Lipinski definition) is 1. The third-order valence-corrected chi connectivity index (χ3v) is 7.08. The van der Waals surface area contributed by atoms with E-state index in [2.05, 4.69) is 52.8 Å². The Balaban J connectivity index is 1.72. The summed E-state index contributed by atoms with van der Waals surface area (Å²) in [5.41, 5.74) is 5.60. The molecule has 0 spiro atoms. The van der Waals surface area contributed by atoms with Crippen LogP contribution < -0.4 is 0 Å². The summed E-state index contributed by atoms with van der Waals surface area (Å²) in [5.74, 6) is 0.146. The number of benzene rings is 1. The van der Waals surface area contributed by atoms with E-state index in [0.29, 0.717) is 11.1 Å². The number of aryl methyl sites for hydroxylation is 1. The molecule has 2 aliphatic heterocycles. The van der Waals surface area contributed by atoms with E-state index >= 15 is 0 Å². The smallest absolute Gasteiger partial charge is 0.283 e. The Bertz CT molecular complexity index is 1140. The van der Waals surface area contributed by atoms with Gasteiger partial charge >= 0.3 is 0 Å². The number of amidine groups is 2. The number of nitrogens with zero attached hydrogens (tertiary/aromatic N) is 4. The third-order valence-electron chi connectivity index (χ3n) is 5.20. The van der Waals surface area contributed by atoms with E-state index in [0.717, 1.165) is 27.0 Å². The topological polar surface area (TPSA) is 73.8 Å². The lowest BCUT2D eigenvalue weighted by molar-refractivity contribution is -0.114. The first-order valence-corrected chi connectivity index (χ1v) is 11.7. The van der Waals surface area contributed by atoms with Gasteiger partial charge in [0.25, 0.3) is 5.91 Å². The van der Waals surface area contributed by atoms with Gasteiger partial charge in [-0.3, -0.25) is 10.2 Å². The van der Waals surface area contributed by atoms with Crippen LogP contribution in [0.15, 0.2) is 46.0 Å². The fourth-order valence-corrected chi connectivity index (χ4v) is 4.90. The highest BCUT2D eigenvalue weighted by Crippen LogP contribution is 2.32. The Morgan fingerprint density at radius 3 is 2.53 bits per heavy atom. The van der Waals surface area contributed by atoms with Crippen molar-refractivity contribution in [1.82, 2.24) is 9.58 Å². The summed E-state index contributed by atoms with van der Waals surface area (Å²) in [6.07, 6.45) is 3.67. The van der Waals surface area contributed by atoms with Crippen LogP contribution in [0.4, 0.5) is 0 Å². The average molecular weight is 438 g/mol. The predicted octanol–water partition coefficient (Wildman–Crippen LogP) is 5.16. The van der Waals surface area contributed by atoms with E-state index in [9.17, 15) is 4.79 Å². The van der Waals surface area contributed by atoms with Gasteiger partial charge in [-0.15, -0.1) is 16.9 Å². The average Bonchev–Trinajstić information content (AvgIpc) is 3.25. The SMILES string of the molecule is CSC1=NN2C(=N)/C(=C/c3cc(C)n(-c4ccc(C(C)C)cc4)c3C)C(=O)N=C2S1. The number of nitrogens with one attached hydrogen (secondary N) is 1. The van der Waals surface area contributed by atoms with Gasteiger partial charge in [0.2, 0.25) is 5.17 Å². The zero-order chi connectivity index (χ0) is 21.6. The lowest BCUT2D eigenvalue weighted by Gasteiger charge is -2.20. The summed E-state index contributed by atoms with van der Waals surface area (Å²) >= 11 is 2.79. The van der Waals surface area contributed by atoms with Gasteiger partial charge in [-0.05, 0) is 73.2 Å². The predicted molar refractivity (Wildman–Crippen MR) is 128 cm³/mol. The molecule has 0 atom stereocenters. The van der Waals surface area contributed by atoms with Gasteiger partial charge in [-0.2, -0.15) is 10.0 Å². The minimum atomic E-state index is -0.401. The molecule has 0 saturated heterocycles. The molecular weight excluding hydrogens is 414 g/mol. The molecule has 1 amide bonds. The maximum Gasteiger partial charge on any atom is 0.283 e. The van der Waals surface area contributed by atoms with Gasteiger partial charge in [0, 0.05) is 17.1 Å². The summed E-state index contributed by atoms with van der Waals surface area (Å²) in [6, 6.07) is 10.6. The van der Waals surface area contributed by atoms with E-state index in [1.54, 1.807) is 6.08 Å².